The minimum Gasteiger partial charge on any atom is -0.314 e. The number of hydrogen-bond acceptors (Lipinski definition) is 4. The molecule has 1 atom stereocenters. The Hall–Kier alpha value is -1.75. The first-order chi connectivity index (χ1) is 8.38. The highest BCUT2D eigenvalue weighted by Crippen LogP contribution is 2.13. The van der Waals surface area contributed by atoms with Gasteiger partial charge in [-0.25, -0.2) is 0 Å². The van der Waals surface area contributed by atoms with Crippen LogP contribution in [0.15, 0.2) is 18.3 Å². The molecule has 2 aromatic heterocycles. The lowest BCUT2D eigenvalue weighted by Gasteiger charge is -2.07. The monoisotopic (exact) mass is 230 g/mol. The maximum Gasteiger partial charge on any atom is 0.171 e. The van der Waals surface area contributed by atoms with E-state index >= 15 is 0 Å². The highest BCUT2D eigenvalue weighted by molar-refractivity contribution is 5.83. The van der Waals surface area contributed by atoms with Crippen molar-refractivity contribution in [3.63, 3.8) is 0 Å². The van der Waals surface area contributed by atoms with Gasteiger partial charge >= 0.3 is 0 Å². The van der Waals surface area contributed by atoms with Crippen LogP contribution in [-0.2, 0) is 6.42 Å². The second kappa shape index (κ2) is 4.25. The van der Waals surface area contributed by atoms with E-state index in [0.29, 0.717) is 17.3 Å². The molecular formula is C12H14N4O. The summed E-state index contributed by atoms with van der Waals surface area (Å²) in [5.41, 5.74) is 1.24. The molecule has 2 aromatic rings. The first kappa shape index (κ1) is 10.4. The molecule has 1 aliphatic heterocycles. The van der Waals surface area contributed by atoms with E-state index in [1.54, 1.807) is 6.07 Å². The molecule has 1 aliphatic rings. The number of aldehydes is 1. The summed E-state index contributed by atoms with van der Waals surface area (Å²) in [6.07, 6.45) is 6.00. The van der Waals surface area contributed by atoms with E-state index in [4.69, 9.17) is 0 Å². The van der Waals surface area contributed by atoms with Crippen molar-refractivity contribution in [2.75, 3.05) is 6.54 Å². The summed E-state index contributed by atoms with van der Waals surface area (Å²) in [6.45, 7) is 1.08. The lowest BCUT2D eigenvalue weighted by molar-refractivity contribution is 0.112. The number of carbonyl (C=O) groups is 1. The summed E-state index contributed by atoms with van der Waals surface area (Å²) in [5, 5.41) is 11.7. The quantitative estimate of drug-likeness (QED) is 0.794. The third-order valence-electron chi connectivity index (χ3n) is 3.25. The topological polar surface area (TPSA) is 59.3 Å². The minimum atomic E-state index is 0.488. The summed E-state index contributed by atoms with van der Waals surface area (Å²) in [5.74, 6) is 0.920. The number of aromatic nitrogens is 3. The Bertz CT molecular complexity index is 542. The first-order valence-corrected chi connectivity index (χ1v) is 5.89. The SMILES string of the molecule is O=Cc1cccn2c(CC3CCCN3)nnc12. The van der Waals surface area contributed by atoms with Crippen LogP contribution < -0.4 is 5.32 Å². The number of nitrogens with one attached hydrogen (secondary N) is 1. The summed E-state index contributed by atoms with van der Waals surface area (Å²) in [6, 6.07) is 4.10. The fourth-order valence-electron chi connectivity index (χ4n) is 2.37. The molecule has 0 aromatic carbocycles. The lowest BCUT2D eigenvalue weighted by Crippen LogP contribution is -2.24. The van der Waals surface area contributed by atoms with Crippen LogP contribution in [0.4, 0.5) is 0 Å². The zero-order valence-electron chi connectivity index (χ0n) is 9.47. The predicted octanol–water partition coefficient (Wildman–Crippen LogP) is 0.836. The fraction of sp³-hybridized carbons (Fsp3) is 0.417. The van der Waals surface area contributed by atoms with Crippen molar-refractivity contribution in [2.24, 2.45) is 0 Å². The molecule has 0 amide bonds. The second-order valence-corrected chi connectivity index (χ2v) is 4.39. The van der Waals surface area contributed by atoms with Gasteiger partial charge in [0.25, 0.3) is 0 Å². The van der Waals surface area contributed by atoms with Gasteiger partial charge in [0.2, 0.25) is 0 Å². The van der Waals surface area contributed by atoms with Gasteiger partial charge in [0.05, 0.1) is 5.56 Å². The molecule has 0 saturated carbocycles. The van der Waals surface area contributed by atoms with Crippen LogP contribution in [0, 0.1) is 0 Å². The number of pyridine rings is 1. The molecular weight excluding hydrogens is 216 g/mol. The lowest BCUT2D eigenvalue weighted by atomic mass is 10.1. The van der Waals surface area contributed by atoms with E-state index in [-0.39, 0.29) is 0 Å². The van der Waals surface area contributed by atoms with E-state index in [9.17, 15) is 4.79 Å². The molecule has 1 N–H and O–H groups in total. The largest absolute Gasteiger partial charge is 0.314 e. The zero-order valence-corrected chi connectivity index (χ0v) is 9.47. The van der Waals surface area contributed by atoms with Crippen molar-refractivity contribution < 1.29 is 4.79 Å². The average molecular weight is 230 g/mol. The van der Waals surface area contributed by atoms with E-state index in [2.05, 4.69) is 15.5 Å². The Morgan fingerprint density at radius 2 is 2.47 bits per heavy atom. The van der Waals surface area contributed by atoms with Gasteiger partial charge in [-0.05, 0) is 31.5 Å². The maximum atomic E-state index is 10.9. The first-order valence-electron chi connectivity index (χ1n) is 5.89. The van der Waals surface area contributed by atoms with Gasteiger partial charge in [-0.2, -0.15) is 0 Å². The molecule has 5 nitrogen and oxygen atoms in total. The van der Waals surface area contributed by atoms with E-state index in [1.165, 1.54) is 12.8 Å². The van der Waals surface area contributed by atoms with Gasteiger partial charge < -0.3 is 5.32 Å². The van der Waals surface area contributed by atoms with Crippen LogP contribution in [0.3, 0.4) is 0 Å². The van der Waals surface area contributed by atoms with Crippen LogP contribution in [-0.4, -0.2) is 33.5 Å². The van der Waals surface area contributed by atoms with Crippen molar-refractivity contribution in [1.82, 2.24) is 19.9 Å². The summed E-state index contributed by atoms with van der Waals surface area (Å²) in [7, 11) is 0. The third-order valence-corrected chi connectivity index (χ3v) is 3.25. The van der Waals surface area contributed by atoms with Crippen LogP contribution in [0.1, 0.15) is 29.0 Å². The van der Waals surface area contributed by atoms with E-state index < -0.39 is 0 Å². The molecule has 1 saturated heterocycles. The third kappa shape index (κ3) is 1.82. The average Bonchev–Trinajstić information content (AvgIpc) is 2.99. The summed E-state index contributed by atoms with van der Waals surface area (Å²) < 4.78 is 1.91. The number of fused-ring (bicyclic) bond motifs is 1. The van der Waals surface area contributed by atoms with Crippen LogP contribution in [0.2, 0.25) is 0 Å². The molecule has 17 heavy (non-hydrogen) atoms. The number of hydrogen-bond donors (Lipinski definition) is 1. The summed E-state index contributed by atoms with van der Waals surface area (Å²) in [4.78, 5) is 10.9. The van der Waals surface area contributed by atoms with Gasteiger partial charge in [0, 0.05) is 18.7 Å². The van der Waals surface area contributed by atoms with Gasteiger partial charge in [-0.1, -0.05) is 0 Å². The van der Waals surface area contributed by atoms with E-state index in [1.807, 2.05) is 16.7 Å². The number of rotatable bonds is 3. The number of nitrogens with zero attached hydrogens (tertiary/aromatic N) is 3. The second-order valence-electron chi connectivity index (χ2n) is 4.39. The predicted molar refractivity (Wildman–Crippen MR) is 63.1 cm³/mol. The Balaban J connectivity index is 1.97. The number of carbonyl (C=O) groups excluding carboxylic acids is 1. The molecule has 0 bridgehead atoms. The molecule has 0 aliphatic carbocycles. The minimum absolute atomic E-state index is 0.488. The van der Waals surface area contributed by atoms with Crippen molar-refractivity contribution >= 4 is 11.9 Å². The summed E-state index contributed by atoms with van der Waals surface area (Å²) >= 11 is 0. The van der Waals surface area contributed by atoms with Crippen LogP contribution in [0.25, 0.3) is 5.65 Å². The van der Waals surface area contributed by atoms with Crippen molar-refractivity contribution in [2.45, 2.75) is 25.3 Å². The molecule has 0 spiro atoms. The standard InChI is InChI=1S/C12H14N4O/c17-8-9-3-2-6-16-11(14-15-12(9)16)7-10-4-1-5-13-10/h2-3,6,8,10,13H,1,4-5,7H2. The van der Waals surface area contributed by atoms with E-state index in [0.717, 1.165) is 25.1 Å². The van der Waals surface area contributed by atoms with Gasteiger partial charge in [0.15, 0.2) is 11.9 Å². The molecule has 1 unspecified atom stereocenters. The molecule has 3 rings (SSSR count). The Morgan fingerprint density at radius 3 is 3.24 bits per heavy atom. The van der Waals surface area contributed by atoms with Crippen molar-refractivity contribution in [3.05, 3.63) is 29.7 Å². The highest BCUT2D eigenvalue weighted by atomic mass is 16.1. The molecule has 0 radical (unpaired) electrons. The highest BCUT2D eigenvalue weighted by Gasteiger charge is 2.18. The fourth-order valence-corrected chi connectivity index (χ4v) is 2.37. The molecule has 1 fully saturated rings. The van der Waals surface area contributed by atoms with Crippen molar-refractivity contribution in [1.29, 1.82) is 0 Å². The van der Waals surface area contributed by atoms with Gasteiger partial charge in [-0.3, -0.25) is 9.20 Å². The molecule has 3 heterocycles. The maximum absolute atomic E-state index is 10.9. The Kier molecular flexibility index (Phi) is 2.60. The molecule has 88 valence electrons. The van der Waals surface area contributed by atoms with Gasteiger partial charge in [0.1, 0.15) is 5.82 Å². The van der Waals surface area contributed by atoms with Gasteiger partial charge in [-0.15, -0.1) is 10.2 Å². The smallest absolute Gasteiger partial charge is 0.171 e. The molecule has 5 heteroatoms. The Labute approximate surface area is 98.9 Å². The van der Waals surface area contributed by atoms with Crippen molar-refractivity contribution in [3.8, 4) is 0 Å². The van der Waals surface area contributed by atoms with Crippen LogP contribution >= 0.6 is 0 Å². The Morgan fingerprint density at radius 1 is 1.53 bits per heavy atom. The zero-order chi connectivity index (χ0) is 11.7. The normalized spacial score (nSPS) is 19.9. The van der Waals surface area contributed by atoms with Crippen LogP contribution in [0.5, 0.6) is 0 Å².